The Hall–Kier alpha value is -2.33. The second-order valence-corrected chi connectivity index (χ2v) is 14.2. The van der Waals surface area contributed by atoms with Crippen LogP contribution in [0.3, 0.4) is 0 Å². The molecule has 4 aliphatic rings. The first-order chi connectivity index (χ1) is 21.9. The number of hydrogen-bond donors (Lipinski definition) is 2. The van der Waals surface area contributed by atoms with E-state index in [9.17, 15) is 18.6 Å². The zero-order valence-corrected chi connectivity index (χ0v) is 26.8. The third-order valence-electron chi connectivity index (χ3n) is 9.09. The van der Waals surface area contributed by atoms with Gasteiger partial charge in [0.25, 0.3) is 0 Å². The quantitative estimate of drug-likeness (QED) is 0.386. The fraction of sp³-hybridized carbons (Fsp3) is 0.625. The maximum atomic E-state index is 14.5. The molecule has 248 valence electrons. The first-order valence-electron chi connectivity index (χ1n) is 16.0. The van der Waals surface area contributed by atoms with Crippen molar-refractivity contribution in [2.24, 2.45) is 0 Å². The molecule has 2 aromatic carbocycles. The van der Waals surface area contributed by atoms with E-state index in [0.717, 1.165) is 0 Å². The van der Waals surface area contributed by atoms with Crippen molar-refractivity contribution >= 4 is 9.84 Å². The number of rotatable bonds is 10. The lowest BCUT2D eigenvalue weighted by Gasteiger charge is -2.30. The molecule has 0 unspecified atom stereocenters. The Kier molecular flexibility index (Phi) is 10.9. The smallest absolute Gasteiger partial charge is 0.206 e. The summed E-state index contributed by atoms with van der Waals surface area (Å²) in [4.78, 5) is 8.99. The van der Waals surface area contributed by atoms with E-state index in [1.165, 1.54) is 0 Å². The number of morpholine rings is 4. The van der Waals surface area contributed by atoms with Crippen LogP contribution in [0, 0.1) is 0 Å². The maximum Gasteiger partial charge on any atom is 0.206 e. The third-order valence-corrected chi connectivity index (χ3v) is 10.8. The van der Waals surface area contributed by atoms with Gasteiger partial charge in [0.05, 0.1) is 62.6 Å². The Morgan fingerprint density at radius 3 is 0.911 bits per heavy atom. The summed E-state index contributed by atoms with van der Waals surface area (Å²) in [5.74, 6) is 0.275. The topological polar surface area (TPSA) is 124 Å². The Balaban J connectivity index is 1.38. The number of hydrogen-bond acceptors (Lipinski definition) is 12. The van der Waals surface area contributed by atoms with Crippen LogP contribution in [0.4, 0.5) is 0 Å². The summed E-state index contributed by atoms with van der Waals surface area (Å²) >= 11 is 0. The summed E-state index contributed by atoms with van der Waals surface area (Å²) in [6, 6.07) is 6.50. The molecule has 2 aromatic rings. The number of nitrogens with zero attached hydrogens (tertiary/aromatic N) is 4. The van der Waals surface area contributed by atoms with Gasteiger partial charge in [-0.2, -0.15) is 0 Å². The lowest BCUT2D eigenvalue weighted by atomic mass is 10.1. The van der Waals surface area contributed by atoms with Crippen molar-refractivity contribution in [3.63, 3.8) is 0 Å². The molecule has 2 N–H and O–H groups in total. The minimum Gasteiger partial charge on any atom is -0.507 e. The van der Waals surface area contributed by atoms with Crippen molar-refractivity contribution in [2.45, 2.75) is 36.0 Å². The first-order valence-corrected chi connectivity index (χ1v) is 17.5. The molecule has 6 rings (SSSR count). The second-order valence-electron chi connectivity index (χ2n) is 12.2. The molecule has 4 fully saturated rings. The van der Waals surface area contributed by atoms with Crippen LogP contribution in [0.5, 0.6) is 11.5 Å². The zero-order valence-electron chi connectivity index (χ0n) is 26.0. The van der Waals surface area contributed by atoms with E-state index in [1.807, 2.05) is 0 Å². The van der Waals surface area contributed by atoms with E-state index >= 15 is 0 Å². The normalized spacial score (nSPS) is 21.7. The van der Waals surface area contributed by atoms with Crippen molar-refractivity contribution in [3.8, 4) is 11.5 Å². The van der Waals surface area contributed by atoms with Crippen LogP contribution in [-0.4, -0.2) is 143 Å². The summed E-state index contributed by atoms with van der Waals surface area (Å²) in [7, 11) is -4.02. The molecule has 4 heterocycles. The summed E-state index contributed by atoms with van der Waals surface area (Å²) in [5, 5.41) is 22.8. The van der Waals surface area contributed by atoms with Crippen LogP contribution in [0.15, 0.2) is 34.1 Å². The monoisotopic (exact) mass is 646 g/mol. The van der Waals surface area contributed by atoms with Crippen LogP contribution in [0.1, 0.15) is 22.3 Å². The summed E-state index contributed by atoms with van der Waals surface area (Å²) in [6.07, 6.45) is 0. The molecule has 4 saturated heterocycles. The molecule has 0 radical (unpaired) electrons. The minimum absolute atomic E-state index is 0.138. The van der Waals surface area contributed by atoms with Crippen LogP contribution in [0.25, 0.3) is 0 Å². The molecule has 0 saturated carbocycles. The number of phenolic OH excluding ortho intramolecular Hbond substituents is 2. The Morgan fingerprint density at radius 1 is 0.467 bits per heavy atom. The molecular formula is C32H46N4O8S. The number of benzene rings is 2. The van der Waals surface area contributed by atoms with E-state index < -0.39 is 9.84 Å². The second kappa shape index (κ2) is 15.1. The number of phenols is 2. The summed E-state index contributed by atoms with van der Waals surface area (Å²) < 4.78 is 51.1. The fourth-order valence-corrected chi connectivity index (χ4v) is 7.85. The molecule has 0 aromatic heterocycles. The number of aromatic hydroxyl groups is 2. The molecule has 45 heavy (non-hydrogen) atoms. The van der Waals surface area contributed by atoms with Gasteiger partial charge in [0.15, 0.2) is 0 Å². The van der Waals surface area contributed by atoms with Crippen molar-refractivity contribution in [3.05, 3.63) is 46.5 Å². The minimum atomic E-state index is -4.02. The van der Waals surface area contributed by atoms with Crippen LogP contribution < -0.4 is 0 Å². The van der Waals surface area contributed by atoms with E-state index in [1.54, 1.807) is 24.3 Å². The predicted octanol–water partition coefficient (Wildman–Crippen LogP) is 1.26. The van der Waals surface area contributed by atoms with Gasteiger partial charge in [-0.05, 0) is 24.3 Å². The van der Waals surface area contributed by atoms with E-state index in [4.69, 9.17) is 18.9 Å². The van der Waals surface area contributed by atoms with Crippen molar-refractivity contribution in [1.29, 1.82) is 0 Å². The molecular weight excluding hydrogens is 600 g/mol. The lowest BCUT2D eigenvalue weighted by Crippen LogP contribution is -2.36. The van der Waals surface area contributed by atoms with Crippen molar-refractivity contribution in [1.82, 2.24) is 19.6 Å². The van der Waals surface area contributed by atoms with Gasteiger partial charge in [0.1, 0.15) is 11.5 Å². The molecule has 0 bridgehead atoms. The van der Waals surface area contributed by atoms with Gasteiger partial charge in [-0.3, -0.25) is 19.6 Å². The predicted molar refractivity (Wildman–Crippen MR) is 166 cm³/mol. The molecule has 0 spiro atoms. The fourth-order valence-electron chi connectivity index (χ4n) is 6.39. The van der Waals surface area contributed by atoms with Gasteiger partial charge >= 0.3 is 0 Å². The first kappa shape index (κ1) is 32.6. The Labute approximate surface area is 265 Å². The molecule has 0 aliphatic carbocycles. The Bertz CT molecular complexity index is 1220. The van der Waals surface area contributed by atoms with Gasteiger partial charge < -0.3 is 29.2 Å². The van der Waals surface area contributed by atoms with E-state index in [0.29, 0.717) is 154 Å². The van der Waals surface area contributed by atoms with Gasteiger partial charge in [-0.25, -0.2) is 8.42 Å². The zero-order chi connectivity index (χ0) is 31.2. The largest absolute Gasteiger partial charge is 0.507 e. The van der Waals surface area contributed by atoms with Crippen LogP contribution in [-0.2, 0) is 55.0 Å². The standard InChI is InChI=1S/C32H46N4O8S/c37-31-25(21-33-1-9-41-10-2-33)17-29(18-26(31)22-34-3-11-42-12-4-34)45(39,40)30-19-27(23-35-5-13-43-14-6-35)32(38)28(20-30)24-36-7-15-44-16-8-36/h17-20,37-38H,1-16,21-24H2. The van der Waals surface area contributed by atoms with Gasteiger partial charge in [-0.15, -0.1) is 0 Å². The van der Waals surface area contributed by atoms with Crippen molar-refractivity contribution < 1.29 is 37.6 Å². The molecule has 4 aliphatic heterocycles. The van der Waals surface area contributed by atoms with E-state index in [-0.39, 0.29) is 21.3 Å². The van der Waals surface area contributed by atoms with Crippen molar-refractivity contribution in [2.75, 3.05) is 105 Å². The average Bonchev–Trinajstić information content (AvgIpc) is 3.06. The van der Waals surface area contributed by atoms with Gasteiger partial charge in [-0.1, -0.05) is 0 Å². The highest BCUT2D eigenvalue weighted by atomic mass is 32.2. The summed E-state index contributed by atoms with van der Waals surface area (Å²) in [5.41, 5.74) is 2.34. The maximum absolute atomic E-state index is 14.5. The highest BCUT2D eigenvalue weighted by Crippen LogP contribution is 2.35. The molecule has 0 atom stereocenters. The van der Waals surface area contributed by atoms with E-state index in [2.05, 4.69) is 19.6 Å². The molecule has 12 nitrogen and oxygen atoms in total. The molecule has 13 heteroatoms. The number of ether oxygens (including phenoxy) is 4. The Morgan fingerprint density at radius 2 is 0.689 bits per heavy atom. The van der Waals surface area contributed by atoms with Gasteiger partial charge in [0.2, 0.25) is 9.84 Å². The van der Waals surface area contributed by atoms with Crippen LogP contribution >= 0.6 is 0 Å². The van der Waals surface area contributed by atoms with Gasteiger partial charge in [0, 0.05) is 101 Å². The SMILES string of the molecule is O=S(=O)(c1cc(CN2CCOCC2)c(O)c(CN2CCOCC2)c1)c1cc(CN2CCOCC2)c(O)c(CN2CCOCC2)c1. The third kappa shape index (κ3) is 8.16. The van der Waals surface area contributed by atoms with Crippen LogP contribution in [0.2, 0.25) is 0 Å². The number of sulfone groups is 1. The average molecular weight is 647 g/mol. The molecule has 0 amide bonds. The highest BCUT2D eigenvalue weighted by Gasteiger charge is 2.27. The highest BCUT2D eigenvalue weighted by molar-refractivity contribution is 7.91. The lowest BCUT2D eigenvalue weighted by molar-refractivity contribution is 0.0326. The summed E-state index contributed by atoms with van der Waals surface area (Å²) in [6.45, 7) is 12.2.